The van der Waals surface area contributed by atoms with E-state index in [4.69, 9.17) is 10.7 Å². The molecular formula is C17H23N3. The minimum atomic E-state index is 0.600. The van der Waals surface area contributed by atoms with Gasteiger partial charge in [-0.25, -0.2) is 4.98 Å². The summed E-state index contributed by atoms with van der Waals surface area (Å²) in [5.41, 5.74) is 9.27. The fourth-order valence-corrected chi connectivity index (χ4v) is 4.46. The van der Waals surface area contributed by atoms with Crippen LogP contribution in [0, 0.1) is 17.8 Å². The number of aryl methyl sites for hydroxylation is 1. The standard InChI is InChI=1S/C17H23N3/c1-20-16-8-12(10-18)3-5-15(16)19-17(20)9-14-7-11-2-4-13(14)6-11/h3,5,8,11,13-14H,2,4,6-7,9-10,18H2,1H3. The van der Waals surface area contributed by atoms with Crippen molar-refractivity contribution >= 4 is 11.0 Å². The minimum absolute atomic E-state index is 0.600. The van der Waals surface area contributed by atoms with Gasteiger partial charge in [-0.05, 0) is 54.7 Å². The van der Waals surface area contributed by atoms with E-state index in [-0.39, 0.29) is 0 Å². The van der Waals surface area contributed by atoms with Crippen molar-refractivity contribution in [2.75, 3.05) is 0 Å². The van der Waals surface area contributed by atoms with E-state index >= 15 is 0 Å². The summed E-state index contributed by atoms with van der Waals surface area (Å²) >= 11 is 0. The molecule has 0 radical (unpaired) electrons. The summed E-state index contributed by atoms with van der Waals surface area (Å²) in [6.07, 6.45) is 7.00. The lowest BCUT2D eigenvalue weighted by molar-refractivity contribution is 0.325. The van der Waals surface area contributed by atoms with Crippen molar-refractivity contribution in [3.8, 4) is 0 Å². The van der Waals surface area contributed by atoms with Crippen LogP contribution in [0.15, 0.2) is 18.2 Å². The van der Waals surface area contributed by atoms with Gasteiger partial charge in [0.1, 0.15) is 5.82 Å². The van der Waals surface area contributed by atoms with Crippen molar-refractivity contribution < 1.29 is 0 Å². The Kier molecular flexibility index (Phi) is 2.84. The van der Waals surface area contributed by atoms with Crippen LogP contribution < -0.4 is 5.73 Å². The second kappa shape index (κ2) is 4.59. The van der Waals surface area contributed by atoms with Gasteiger partial charge in [0.15, 0.2) is 0 Å². The maximum atomic E-state index is 5.74. The lowest BCUT2D eigenvalue weighted by atomic mass is 9.86. The molecule has 2 fully saturated rings. The van der Waals surface area contributed by atoms with E-state index in [9.17, 15) is 0 Å². The van der Waals surface area contributed by atoms with E-state index in [0.29, 0.717) is 6.54 Å². The number of fused-ring (bicyclic) bond motifs is 3. The molecule has 1 heterocycles. The number of benzene rings is 1. The zero-order valence-electron chi connectivity index (χ0n) is 12.2. The van der Waals surface area contributed by atoms with Gasteiger partial charge in [-0.1, -0.05) is 12.5 Å². The highest BCUT2D eigenvalue weighted by Gasteiger charge is 2.39. The number of aromatic nitrogens is 2. The summed E-state index contributed by atoms with van der Waals surface area (Å²) in [5, 5.41) is 0. The van der Waals surface area contributed by atoms with Gasteiger partial charge in [0.05, 0.1) is 11.0 Å². The molecule has 2 aliphatic rings. The van der Waals surface area contributed by atoms with Gasteiger partial charge in [0.2, 0.25) is 0 Å². The third-order valence-corrected chi connectivity index (χ3v) is 5.60. The highest BCUT2D eigenvalue weighted by atomic mass is 15.1. The van der Waals surface area contributed by atoms with E-state index in [1.165, 1.54) is 42.6 Å². The Morgan fingerprint density at radius 3 is 2.90 bits per heavy atom. The summed E-state index contributed by atoms with van der Waals surface area (Å²) in [7, 11) is 2.15. The number of nitrogens with zero attached hydrogens (tertiary/aromatic N) is 2. The summed E-state index contributed by atoms with van der Waals surface area (Å²) in [6.45, 7) is 0.600. The fourth-order valence-electron chi connectivity index (χ4n) is 4.46. The van der Waals surface area contributed by atoms with Crippen molar-refractivity contribution in [1.82, 2.24) is 9.55 Å². The number of hydrogen-bond donors (Lipinski definition) is 1. The summed E-state index contributed by atoms with van der Waals surface area (Å²) < 4.78 is 2.28. The molecule has 106 valence electrons. The maximum Gasteiger partial charge on any atom is 0.109 e. The molecule has 2 aromatic rings. The Balaban J connectivity index is 1.64. The summed E-state index contributed by atoms with van der Waals surface area (Å²) in [4.78, 5) is 4.86. The zero-order valence-corrected chi connectivity index (χ0v) is 12.2. The quantitative estimate of drug-likeness (QED) is 0.931. The molecule has 2 saturated carbocycles. The van der Waals surface area contributed by atoms with Gasteiger partial charge in [0, 0.05) is 20.0 Å². The van der Waals surface area contributed by atoms with Crippen LogP contribution in [-0.4, -0.2) is 9.55 Å². The molecule has 3 atom stereocenters. The van der Waals surface area contributed by atoms with Crippen LogP contribution in [-0.2, 0) is 20.0 Å². The average molecular weight is 269 g/mol. The first-order valence-electron chi connectivity index (χ1n) is 7.89. The number of rotatable bonds is 3. The lowest BCUT2D eigenvalue weighted by Crippen LogP contribution is -2.15. The number of nitrogens with two attached hydrogens (primary N) is 1. The molecular weight excluding hydrogens is 246 g/mol. The Morgan fingerprint density at radius 2 is 2.20 bits per heavy atom. The molecule has 0 spiro atoms. The van der Waals surface area contributed by atoms with Crippen molar-refractivity contribution in [2.24, 2.45) is 30.5 Å². The predicted octanol–water partition coefficient (Wildman–Crippen LogP) is 3.01. The number of imidazole rings is 1. The van der Waals surface area contributed by atoms with E-state index in [1.807, 2.05) is 0 Å². The van der Waals surface area contributed by atoms with Crippen molar-refractivity contribution in [2.45, 2.75) is 38.6 Å². The zero-order chi connectivity index (χ0) is 13.7. The van der Waals surface area contributed by atoms with Gasteiger partial charge in [-0.2, -0.15) is 0 Å². The van der Waals surface area contributed by atoms with Crippen LogP contribution in [0.1, 0.15) is 37.1 Å². The van der Waals surface area contributed by atoms with E-state index in [2.05, 4.69) is 29.8 Å². The first-order chi connectivity index (χ1) is 9.74. The Hall–Kier alpha value is -1.35. The fraction of sp³-hybridized carbons (Fsp3) is 0.588. The van der Waals surface area contributed by atoms with Crippen LogP contribution in [0.25, 0.3) is 11.0 Å². The van der Waals surface area contributed by atoms with E-state index in [0.717, 1.165) is 29.7 Å². The normalized spacial score (nSPS) is 28.6. The molecule has 3 nitrogen and oxygen atoms in total. The molecule has 3 heteroatoms. The first kappa shape index (κ1) is 12.4. The summed E-state index contributed by atoms with van der Waals surface area (Å²) in [5.74, 6) is 4.12. The Morgan fingerprint density at radius 1 is 1.30 bits per heavy atom. The van der Waals surface area contributed by atoms with Crippen molar-refractivity contribution in [1.29, 1.82) is 0 Å². The van der Waals surface area contributed by atoms with Crippen molar-refractivity contribution in [3.63, 3.8) is 0 Å². The highest BCUT2D eigenvalue weighted by Crippen LogP contribution is 2.49. The van der Waals surface area contributed by atoms with Gasteiger partial charge < -0.3 is 10.3 Å². The third kappa shape index (κ3) is 1.87. The predicted molar refractivity (Wildman–Crippen MR) is 81.2 cm³/mol. The molecule has 0 saturated heterocycles. The molecule has 1 aromatic carbocycles. The molecule has 20 heavy (non-hydrogen) atoms. The topological polar surface area (TPSA) is 43.8 Å². The van der Waals surface area contributed by atoms with Gasteiger partial charge in [0.25, 0.3) is 0 Å². The second-order valence-corrected chi connectivity index (χ2v) is 6.75. The molecule has 4 rings (SSSR count). The molecule has 0 amide bonds. The van der Waals surface area contributed by atoms with Crippen LogP contribution >= 0.6 is 0 Å². The summed E-state index contributed by atoms with van der Waals surface area (Å²) in [6, 6.07) is 6.39. The van der Waals surface area contributed by atoms with Gasteiger partial charge >= 0.3 is 0 Å². The van der Waals surface area contributed by atoms with Crippen LogP contribution in [0.3, 0.4) is 0 Å². The molecule has 2 N–H and O–H groups in total. The molecule has 2 bridgehead atoms. The lowest BCUT2D eigenvalue weighted by Gasteiger charge is -2.21. The first-order valence-corrected chi connectivity index (χ1v) is 7.89. The largest absolute Gasteiger partial charge is 0.331 e. The minimum Gasteiger partial charge on any atom is -0.331 e. The third-order valence-electron chi connectivity index (χ3n) is 5.60. The molecule has 1 aromatic heterocycles. The maximum absolute atomic E-state index is 5.74. The molecule has 3 unspecified atom stereocenters. The SMILES string of the molecule is Cn1c(CC2CC3CCC2C3)nc2ccc(CN)cc21. The van der Waals surface area contributed by atoms with Crippen LogP contribution in [0.5, 0.6) is 0 Å². The van der Waals surface area contributed by atoms with Gasteiger partial charge in [-0.3, -0.25) is 0 Å². The monoisotopic (exact) mass is 269 g/mol. The van der Waals surface area contributed by atoms with Gasteiger partial charge in [-0.15, -0.1) is 0 Å². The molecule has 0 aliphatic heterocycles. The Labute approximate surface area is 120 Å². The van der Waals surface area contributed by atoms with Crippen LogP contribution in [0.4, 0.5) is 0 Å². The smallest absolute Gasteiger partial charge is 0.109 e. The van der Waals surface area contributed by atoms with Crippen molar-refractivity contribution in [3.05, 3.63) is 29.6 Å². The highest BCUT2D eigenvalue weighted by molar-refractivity contribution is 5.76. The molecule has 2 aliphatic carbocycles. The average Bonchev–Trinajstić information content (AvgIpc) is 3.15. The Bertz CT molecular complexity index is 643. The van der Waals surface area contributed by atoms with E-state index < -0.39 is 0 Å². The number of hydrogen-bond acceptors (Lipinski definition) is 2. The second-order valence-electron chi connectivity index (χ2n) is 6.75. The van der Waals surface area contributed by atoms with Crippen LogP contribution in [0.2, 0.25) is 0 Å². The van der Waals surface area contributed by atoms with E-state index in [1.54, 1.807) is 0 Å².